The van der Waals surface area contributed by atoms with Crippen LogP contribution in [0, 0.1) is 6.92 Å². The summed E-state index contributed by atoms with van der Waals surface area (Å²) >= 11 is 0. The number of halogens is 1. The van der Waals surface area contributed by atoms with E-state index in [4.69, 9.17) is 15.1 Å². The lowest BCUT2D eigenvalue weighted by Crippen LogP contribution is -2.23. The molecule has 0 aliphatic rings. The minimum absolute atomic E-state index is 0.0508. The molecule has 1 rings (SSSR count). The highest BCUT2D eigenvalue weighted by Gasteiger charge is 2.21. The average Bonchev–Trinajstić information content (AvgIpc) is 2.56. The van der Waals surface area contributed by atoms with Crippen molar-refractivity contribution in [1.82, 2.24) is 5.32 Å². The summed E-state index contributed by atoms with van der Waals surface area (Å²) in [5.74, 6) is -0.390. The highest BCUT2D eigenvalue weighted by molar-refractivity contribution is 8.13. The monoisotopic (exact) mass is 265 g/mol. The molecule has 0 unspecified atom stereocenters. The first-order valence-electron chi connectivity index (χ1n) is 4.69. The van der Waals surface area contributed by atoms with E-state index in [0.29, 0.717) is 6.54 Å². The Balaban J connectivity index is 2.98. The topological polar surface area (TPSA) is 76.4 Å². The Kier molecular flexibility index (Phi) is 3.98. The van der Waals surface area contributed by atoms with E-state index < -0.39 is 15.0 Å². The van der Waals surface area contributed by atoms with Gasteiger partial charge in [-0.3, -0.25) is 4.79 Å². The number of rotatable bonds is 4. The van der Waals surface area contributed by atoms with E-state index in [0.717, 1.165) is 12.5 Å². The van der Waals surface area contributed by atoms with Crippen LogP contribution in [0.3, 0.4) is 0 Å². The fourth-order valence-electron chi connectivity index (χ4n) is 1.14. The van der Waals surface area contributed by atoms with Crippen molar-refractivity contribution < 1.29 is 17.6 Å². The Morgan fingerprint density at radius 2 is 2.19 bits per heavy atom. The van der Waals surface area contributed by atoms with E-state index in [1.807, 2.05) is 6.92 Å². The van der Waals surface area contributed by atoms with Crippen molar-refractivity contribution in [2.75, 3.05) is 6.54 Å². The Bertz CT molecular complexity index is 492. The van der Waals surface area contributed by atoms with E-state index in [1.54, 1.807) is 0 Å². The van der Waals surface area contributed by atoms with E-state index in [9.17, 15) is 13.2 Å². The number of amides is 1. The third kappa shape index (κ3) is 2.99. The predicted molar refractivity (Wildman–Crippen MR) is 59.1 cm³/mol. The maximum Gasteiger partial charge on any atom is 0.287 e. The molecule has 1 aromatic rings. The Labute approximate surface area is 98.2 Å². The maximum atomic E-state index is 11.5. The molecule has 16 heavy (non-hydrogen) atoms. The molecule has 0 spiro atoms. The number of nitrogens with one attached hydrogen (secondary N) is 1. The fraction of sp³-hybridized carbons (Fsp3) is 0.444. The summed E-state index contributed by atoms with van der Waals surface area (Å²) in [5.41, 5.74) is 0. The predicted octanol–water partition coefficient (Wildman–Crippen LogP) is 1.66. The molecule has 1 N–H and O–H groups in total. The molecule has 0 fully saturated rings. The van der Waals surface area contributed by atoms with Crippen molar-refractivity contribution in [3.8, 4) is 0 Å². The van der Waals surface area contributed by atoms with Gasteiger partial charge >= 0.3 is 0 Å². The number of furan rings is 1. The lowest BCUT2D eigenvalue weighted by molar-refractivity contribution is 0.0924. The third-order valence-corrected chi connectivity index (χ3v) is 3.32. The standard InChI is InChI=1S/C9H12ClNO4S/c1-3-4-11-9(12)7-5-8(6(2)15-7)16(10,13)14/h5H,3-4H2,1-2H3,(H,11,12). The molecular weight excluding hydrogens is 254 g/mol. The summed E-state index contributed by atoms with van der Waals surface area (Å²) in [6, 6.07) is 1.13. The van der Waals surface area contributed by atoms with E-state index in [1.165, 1.54) is 6.92 Å². The number of carbonyl (C=O) groups excluding carboxylic acids is 1. The third-order valence-electron chi connectivity index (χ3n) is 1.89. The van der Waals surface area contributed by atoms with Gasteiger partial charge in [-0.1, -0.05) is 6.92 Å². The first kappa shape index (κ1) is 13.1. The second-order valence-corrected chi connectivity index (χ2v) is 5.76. The molecule has 90 valence electrons. The molecular formula is C9H12ClNO4S. The summed E-state index contributed by atoms with van der Waals surface area (Å²) in [6.07, 6.45) is 0.784. The highest BCUT2D eigenvalue weighted by atomic mass is 35.7. The van der Waals surface area contributed by atoms with Gasteiger partial charge in [-0.15, -0.1) is 0 Å². The molecule has 5 nitrogen and oxygen atoms in total. The minimum Gasteiger partial charge on any atom is -0.455 e. The van der Waals surface area contributed by atoms with E-state index >= 15 is 0 Å². The summed E-state index contributed by atoms with van der Waals surface area (Å²) in [4.78, 5) is 11.3. The summed E-state index contributed by atoms with van der Waals surface area (Å²) < 4.78 is 27.2. The quantitative estimate of drug-likeness (QED) is 0.840. The fourth-order valence-corrected chi connectivity index (χ4v) is 2.24. The van der Waals surface area contributed by atoms with Gasteiger partial charge in [0.05, 0.1) is 0 Å². The molecule has 0 saturated heterocycles. The molecule has 1 aromatic heterocycles. The van der Waals surface area contributed by atoms with Gasteiger partial charge in [0.2, 0.25) is 0 Å². The first-order valence-corrected chi connectivity index (χ1v) is 7.00. The number of hydrogen-bond acceptors (Lipinski definition) is 4. The number of carbonyl (C=O) groups is 1. The molecule has 0 aliphatic carbocycles. The summed E-state index contributed by atoms with van der Waals surface area (Å²) in [6.45, 7) is 3.84. The van der Waals surface area contributed by atoms with Crippen molar-refractivity contribution >= 4 is 25.6 Å². The average molecular weight is 266 g/mol. The molecule has 0 bridgehead atoms. The zero-order chi connectivity index (χ0) is 12.3. The maximum absolute atomic E-state index is 11.5. The van der Waals surface area contributed by atoms with Gasteiger partial charge in [0.25, 0.3) is 15.0 Å². The first-order chi connectivity index (χ1) is 7.36. The van der Waals surface area contributed by atoms with Crippen molar-refractivity contribution in [2.45, 2.75) is 25.2 Å². The van der Waals surface area contributed by atoms with Gasteiger partial charge in [-0.05, 0) is 13.3 Å². The second kappa shape index (κ2) is 4.88. The van der Waals surface area contributed by atoms with Crippen molar-refractivity contribution in [3.63, 3.8) is 0 Å². The van der Waals surface area contributed by atoms with Gasteiger partial charge in [0.15, 0.2) is 5.76 Å². The minimum atomic E-state index is -3.87. The number of hydrogen-bond donors (Lipinski definition) is 1. The lowest BCUT2D eigenvalue weighted by atomic mass is 10.4. The zero-order valence-electron chi connectivity index (χ0n) is 8.91. The van der Waals surface area contributed by atoms with Crippen LogP contribution in [0.15, 0.2) is 15.4 Å². The largest absolute Gasteiger partial charge is 0.455 e. The van der Waals surface area contributed by atoms with Crippen LogP contribution in [0.5, 0.6) is 0 Å². The Hall–Kier alpha value is -1.01. The van der Waals surface area contributed by atoms with Gasteiger partial charge in [-0.2, -0.15) is 0 Å². The van der Waals surface area contributed by atoms with Crippen LogP contribution in [0.1, 0.15) is 29.7 Å². The van der Waals surface area contributed by atoms with Crippen LogP contribution in [0.25, 0.3) is 0 Å². The summed E-state index contributed by atoms with van der Waals surface area (Å²) in [7, 11) is 1.30. The lowest BCUT2D eigenvalue weighted by Gasteiger charge is -1.98. The smallest absolute Gasteiger partial charge is 0.287 e. The van der Waals surface area contributed by atoms with E-state index in [-0.39, 0.29) is 16.4 Å². The zero-order valence-corrected chi connectivity index (χ0v) is 10.5. The second-order valence-electron chi connectivity index (χ2n) is 3.22. The van der Waals surface area contributed by atoms with Gasteiger partial charge in [0, 0.05) is 23.3 Å². The van der Waals surface area contributed by atoms with Gasteiger partial charge < -0.3 is 9.73 Å². The molecule has 1 heterocycles. The molecule has 0 atom stereocenters. The van der Waals surface area contributed by atoms with Crippen LogP contribution >= 0.6 is 10.7 Å². The van der Waals surface area contributed by atoms with Gasteiger partial charge in [-0.25, -0.2) is 8.42 Å². The molecule has 7 heteroatoms. The van der Waals surface area contributed by atoms with Crippen LogP contribution in [-0.4, -0.2) is 20.9 Å². The molecule has 0 aromatic carbocycles. The van der Waals surface area contributed by atoms with Crippen molar-refractivity contribution in [2.24, 2.45) is 0 Å². The highest BCUT2D eigenvalue weighted by Crippen LogP contribution is 2.23. The van der Waals surface area contributed by atoms with Crippen LogP contribution in [0.4, 0.5) is 0 Å². The molecule has 0 radical (unpaired) electrons. The van der Waals surface area contributed by atoms with E-state index in [2.05, 4.69) is 5.32 Å². The van der Waals surface area contributed by atoms with Crippen LogP contribution < -0.4 is 5.32 Å². The van der Waals surface area contributed by atoms with Crippen molar-refractivity contribution in [1.29, 1.82) is 0 Å². The molecule has 0 aliphatic heterocycles. The Morgan fingerprint density at radius 1 is 1.56 bits per heavy atom. The molecule has 1 amide bonds. The van der Waals surface area contributed by atoms with Crippen LogP contribution in [0.2, 0.25) is 0 Å². The number of aryl methyl sites for hydroxylation is 1. The normalized spacial score (nSPS) is 11.4. The SMILES string of the molecule is CCCNC(=O)c1cc(S(=O)(=O)Cl)c(C)o1. The molecule has 0 saturated carbocycles. The summed E-state index contributed by atoms with van der Waals surface area (Å²) in [5, 5.41) is 2.57. The van der Waals surface area contributed by atoms with Crippen LogP contribution in [-0.2, 0) is 9.05 Å². The van der Waals surface area contributed by atoms with Gasteiger partial charge in [0.1, 0.15) is 10.7 Å². The van der Waals surface area contributed by atoms with Crippen molar-refractivity contribution in [3.05, 3.63) is 17.6 Å². The Morgan fingerprint density at radius 3 is 2.62 bits per heavy atom.